The molecule has 1 N–H and O–H groups in total. The summed E-state index contributed by atoms with van der Waals surface area (Å²) in [5.41, 5.74) is 0.827. The van der Waals surface area contributed by atoms with Crippen LogP contribution in [0.1, 0.15) is 38.3 Å². The average molecular weight is 453 g/mol. The summed E-state index contributed by atoms with van der Waals surface area (Å²) < 4.78 is 14.1. The zero-order valence-electron chi connectivity index (χ0n) is 17.4. The molecular formula is C23H27Cl2FN2O2. The minimum atomic E-state index is -0.727. The number of carbonyl (C=O) groups is 2. The Balaban J connectivity index is 2.36. The van der Waals surface area contributed by atoms with Crippen LogP contribution in [-0.2, 0) is 22.6 Å². The Labute approximate surface area is 187 Å². The second-order valence-electron chi connectivity index (χ2n) is 7.55. The zero-order valence-corrected chi connectivity index (χ0v) is 18.9. The van der Waals surface area contributed by atoms with Crippen molar-refractivity contribution < 1.29 is 14.0 Å². The predicted molar refractivity (Wildman–Crippen MR) is 119 cm³/mol. The van der Waals surface area contributed by atoms with E-state index in [0.717, 1.165) is 0 Å². The van der Waals surface area contributed by atoms with Crippen molar-refractivity contribution in [3.8, 4) is 0 Å². The van der Waals surface area contributed by atoms with Gasteiger partial charge in [0.25, 0.3) is 0 Å². The second kappa shape index (κ2) is 11.3. The molecule has 0 heterocycles. The number of amides is 2. The minimum Gasteiger partial charge on any atom is -0.354 e. The first-order valence-electron chi connectivity index (χ1n) is 9.98. The van der Waals surface area contributed by atoms with Crippen LogP contribution in [0.15, 0.2) is 42.5 Å². The highest BCUT2D eigenvalue weighted by molar-refractivity contribution is 6.36. The highest BCUT2D eigenvalue weighted by Crippen LogP contribution is 2.27. The van der Waals surface area contributed by atoms with Gasteiger partial charge in [-0.2, -0.15) is 0 Å². The molecule has 0 aliphatic rings. The fraction of sp³-hybridized carbons (Fsp3) is 0.391. The number of halogens is 3. The van der Waals surface area contributed by atoms with Gasteiger partial charge in [0, 0.05) is 28.7 Å². The van der Waals surface area contributed by atoms with Crippen molar-refractivity contribution in [1.29, 1.82) is 0 Å². The van der Waals surface area contributed by atoms with Crippen molar-refractivity contribution >= 4 is 35.0 Å². The van der Waals surface area contributed by atoms with Gasteiger partial charge in [-0.1, -0.05) is 68.2 Å². The molecule has 0 spiro atoms. The van der Waals surface area contributed by atoms with Crippen LogP contribution in [0.25, 0.3) is 0 Å². The van der Waals surface area contributed by atoms with Gasteiger partial charge in [-0.3, -0.25) is 9.59 Å². The first-order chi connectivity index (χ1) is 14.2. The Hall–Kier alpha value is -2.11. The van der Waals surface area contributed by atoms with Crippen molar-refractivity contribution in [2.45, 2.75) is 46.2 Å². The topological polar surface area (TPSA) is 49.4 Å². The molecule has 0 fully saturated rings. The number of nitrogens with zero attached hydrogens (tertiary/aromatic N) is 1. The quantitative estimate of drug-likeness (QED) is 0.564. The number of rotatable bonds is 9. The fourth-order valence-corrected chi connectivity index (χ4v) is 3.62. The first-order valence-corrected chi connectivity index (χ1v) is 10.7. The lowest BCUT2D eigenvalue weighted by molar-refractivity contribution is -0.141. The summed E-state index contributed by atoms with van der Waals surface area (Å²) in [4.78, 5) is 27.5. The molecule has 0 aliphatic carbocycles. The van der Waals surface area contributed by atoms with Crippen LogP contribution in [0.2, 0.25) is 10.0 Å². The number of hydrogen-bond donors (Lipinski definition) is 1. The number of carbonyl (C=O) groups excluding carboxylic acids is 2. The van der Waals surface area contributed by atoms with Crippen LogP contribution in [0, 0.1) is 11.7 Å². The fourth-order valence-electron chi connectivity index (χ4n) is 3.10. The van der Waals surface area contributed by atoms with E-state index in [9.17, 15) is 14.0 Å². The molecule has 1 atom stereocenters. The van der Waals surface area contributed by atoms with Gasteiger partial charge in [0.05, 0.1) is 6.42 Å². The van der Waals surface area contributed by atoms with Gasteiger partial charge in [-0.25, -0.2) is 4.39 Å². The molecule has 4 nitrogen and oxygen atoms in total. The summed E-state index contributed by atoms with van der Waals surface area (Å²) in [6.07, 6.45) is 0.234. The molecule has 2 rings (SSSR count). The van der Waals surface area contributed by atoms with E-state index in [1.165, 1.54) is 11.0 Å². The summed E-state index contributed by atoms with van der Waals surface area (Å²) >= 11 is 12.6. The SMILES string of the molecule is CCC(C(=O)NCC(C)C)N(Cc1c(Cl)cccc1Cl)C(=O)Cc1ccccc1F. The molecule has 2 amide bonds. The maximum Gasteiger partial charge on any atom is 0.242 e. The van der Waals surface area contributed by atoms with E-state index in [2.05, 4.69) is 5.32 Å². The zero-order chi connectivity index (χ0) is 22.3. The van der Waals surface area contributed by atoms with Crippen molar-refractivity contribution in [3.63, 3.8) is 0 Å². The Morgan fingerprint density at radius 3 is 2.27 bits per heavy atom. The van der Waals surface area contributed by atoms with Gasteiger partial charge < -0.3 is 10.2 Å². The molecule has 162 valence electrons. The Morgan fingerprint density at radius 2 is 1.70 bits per heavy atom. The molecule has 30 heavy (non-hydrogen) atoms. The van der Waals surface area contributed by atoms with Crippen LogP contribution in [0.4, 0.5) is 4.39 Å². The normalized spacial score (nSPS) is 12.0. The lowest BCUT2D eigenvalue weighted by atomic mass is 10.1. The molecule has 2 aromatic carbocycles. The van der Waals surface area contributed by atoms with Gasteiger partial charge >= 0.3 is 0 Å². The van der Waals surface area contributed by atoms with E-state index >= 15 is 0 Å². The van der Waals surface area contributed by atoms with E-state index in [1.54, 1.807) is 36.4 Å². The third-order valence-electron chi connectivity index (χ3n) is 4.76. The van der Waals surface area contributed by atoms with E-state index in [0.29, 0.717) is 28.6 Å². The molecule has 2 aromatic rings. The number of benzene rings is 2. The third-order valence-corrected chi connectivity index (χ3v) is 5.47. The lowest BCUT2D eigenvalue weighted by Crippen LogP contribution is -2.50. The summed E-state index contributed by atoms with van der Waals surface area (Å²) in [7, 11) is 0. The standard InChI is InChI=1S/C23H27Cl2FN2O2/c1-4-21(23(30)27-13-15(2)3)28(14-17-18(24)9-7-10-19(17)25)22(29)12-16-8-5-6-11-20(16)26/h5-11,15,21H,4,12-14H2,1-3H3,(H,27,30). The monoisotopic (exact) mass is 452 g/mol. The van der Waals surface area contributed by atoms with Gasteiger partial charge in [-0.15, -0.1) is 0 Å². The van der Waals surface area contributed by atoms with E-state index in [4.69, 9.17) is 23.2 Å². The second-order valence-corrected chi connectivity index (χ2v) is 8.37. The predicted octanol–water partition coefficient (Wildman–Crippen LogP) is 5.25. The Kier molecular flexibility index (Phi) is 9.12. The highest BCUT2D eigenvalue weighted by atomic mass is 35.5. The summed E-state index contributed by atoms with van der Waals surface area (Å²) in [5, 5.41) is 3.70. The van der Waals surface area contributed by atoms with Crippen LogP contribution < -0.4 is 5.32 Å². The summed E-state index contributed by atoms with van der Waals surface area (Å²) in [6.45, 7) is 6.37. The van der Waals surface area contributed by atoms with Crippen LogP contribution in [0.5, 0.6) is 0 Å². The molecule has 0 radical (unpaired) electrons. The lowest BCUT2D eigenvalue weighted by Gasteiger charge is -2.31. The summed E-state index contributed by atoms with van der Waals surface area (Å²) in [5.74, 6) is -0.815. The molecule has 0 aromatic heterocycles. The highest BCUT2D eigenvalue weighted by Gasteiger charge is 2.30. The van der Waals surface area contributed by atoms with Gasteiger partial charge in [-0.05, 0) is 36.1 Å². The third kappa shape index (κ3) is 6.44. The van der Waals surface area contributed by atoms with Crippen molar-refractivity contribution in [2.75, 3.05) is 6.54 Å². The van der Waals surface area contributed by atoms with Gasteiger partial charge in [0.15, 0.2) is 0 Å². The summed E-state index contributed by atoms with van der Waals surface area (Å²) in [6, 6.07) is 10.5. The molecule has 1 unspecified atom stereocenters. The molecule has 0 saturated carbocycles. The molecule has 0 bridgehead atoms. The largest absolute Gasteiger partial charge is 0.354 e. The van der Waals surface area contributed by atoms with Gasteiger partial charge in [0.1, 0.15) is 11.9 Å². The van der Waals surface area contributed by atoms with E-state index < -0.39 is 11.9 Å². The molecule has 7 heteroatoms. The van der Waals surface area contributed by atoms with E-state index in [1.807, 2.05) is 20.8 Å². The molecule has 0 saturated heterocycles. The smallest absolute Gasteiger partial charge is 0.242 e. The average Bonchev–Trinajstić information content (AvgIpc) is 2.70. The first kappa shape index (κ1) is 24.2. The van der Waals surface area contributed by atoms with Crippen molar-refractivity contribution in [3.05, 3.63) is 69.5 Å². The van der Waals surface area contributed by atoms with Crippen LogP contribution in [-0.4, -0.2) is 29.3 Å². The van der Waals surface area contributed by atoms with Crippen LogP contribution >= 0.6 is 23.2 Å². The van der Waals surface area contributed by atoms with Gasteiger partial charge in [0.2, 0.25) is 11.8 Å². The Morgan fingerprint density at radius 1 is 1.07 bits per heavy atom. The van der Waals surface area contributed by atoms with Crippen LogP contribution in [0.3, 0.4) is 0 Å². The molecule has 0 aliphatic heterocycles. The van der Waals surface area contributed by atoms with Crippen molar-refractivity contribution in [1.82, 2.24) is 10.2 Å². The number of hydrogen-bond acceptors (Lipinski definition) is 2. The maximum absolute atomic E-state index is 14.1. The van der Waals surface area contributed by atoms with E-state index in [-0.39, 0.29) is 36.3 Å². The maximum atomic E-state index is 14.1. The van der Waals surface area contributed by atoms with Crippen molar-refractivity contribution in [2.24, 2.45) is 5.92 Å². The Bertz CT molecular complexity index is 869. The molecular weight excluding hydrogens is 426 g/mol. The number of nitrogens with one attached hydrogen (secondary N) is 1. The minimum absolute atomic E-state index is 0.0550.